The number of nitrogens with one attached hydrogen (secondary N) is 2. The van der Waals surface area contributed by atoms with E-state index in [1.54, 1.807) is 7.11 Å². The Labute approximate surface area is 177 Å². The van der Waals surface area contributed by atoms with Gasteiger partial charge in [0.2, 0.25) is 0 Å². The lowest BCUT2D eigenvalue weighted by Crippen LogP contribution is -2.45. The van der Waals surface area contributed by atoms with E-state index in [2.05, 4.69) is 34.4 Å². The fraction of sp³-hybridized carbons (Fsp3) is 0.947. The van der Waals surface area contributed by atoms with Crippen molar-refractivity contribution in [3.05, 3.63) is 0 Å². The minimum Gasteiger partial charge on any atom is -0.383 e. The molecule has 6 nitrogen and oxygen atoms in total. The fourth-order valence-electron chi connectivity index (χ4n) is 3.91. The van der Waals surface area contributed by atoms with Crippen LogP contribution in [0.15, 0.2) is 4.99 Å². The van der Waals surface area contributed by atoms with Crippen LogP contribution in [0.4, 0.5) is 0 Å². The third-order valence-corrected chi connectivity index (χ3v) is 5.39. The molecule has 2 fully saturated rings. The summed E-state index contributed by atoms with van der Waals surface area (Å²) in [5.41, 5.74) is 0. The molecule has 0 aromatic heterocycles. The third-order valence-electron chi connectivity index (χ3n) is 5.39. The van der Waals surface area contributed by atoms with Crippen molar-refractivity contribution in [1.29, 1.82) is 0 Å². The van der Waals surface area contributed by atoms with Crippen LogP contribution in [0.5, 0.6) is 0 Å². The highest BCUT2D eigenvalue weighted by Gasteiger charge is 2.30. The van der Waals surface area contributed by atoms with Gasteiger partial charge in [0.15, 0.2) is 5.96 Å². The minimum atomic E-state index is 0. The number of aliphatic imine (C=N–C) groups is 1. The van der Waals surface area contributed by atoms with Crippen LogP contribution >= 0.6 is 24.0 Å². The molecule has 0 radical (unpaired) electrons. The Morgan fingerprint density at radius 2 is 2.00 bits per heavy atom. The average molecular weight is 481 g/mol. The third kappa shape index (κ3) is 8.71. The van der Waals surface area contributed by atoms with Crippen molar-refractivity contribution in [2.45, 2.75) is 57.5 Å². The van der Waals surface area contributed by atoms with Gasteiger partial charge in [0.25, 0.3) is 0 Å². The molecule has 0 amide bonds. The second kappa shape index (κ2) is 14.0. The van der Waals surface area contributed by atoms with Crippen LogP contribution in [0, 0.1) is 0 Å². The number of likely N-dealkylation sites (tertiary alicyclic amines) is 1. The number of guanidine groups is 1. The zero-order valence-corrected chi connectivity index (χ0v) is 19.3. The smallest absolute Gasteiger partial charge is 0.191 e. The summed E-state index contributed by atoms with van der Waals surface area (Å²) in [5.74, 6) is 0.986. The zero-order chi connectivity index (χ0) is 17.9. The van der Waals surface area contributed by atoms with E-state index in [1.807, 2.05) is 0 Å². The SMILES string of the molecule is CCNC(=NCCCN(C)CCOC)NC1CCN(C2CCCC2)C1.I. The van der Waals surface area contributed by atoms with Crippen molar-refractivity contribution in [3.8, 4) is 0 Å². The lowest BCUT2D eigenvalue weighted by atomic mass is 10.2. The Bertz CT molecular complexity index is 390. The monoisotopic (exact) mass is 481 g/mol. The highest BCUT2D eigenvalue weighted by Crippen LogP contribution is 2.26. The molecule has 1 aliphatic carbocycles. The zero-order valence-electron chi connectivity index (χ0n) is 17.0. The van der Waals surface area contributed by atoms with Gasteiger partial charge in [-0.2, -0.15) is 0 Å². The number of ether oxygens (including phenoxy) is 1. The summed E-state index contributed by atoms with van der Waals surface area (Å²) in [5, 5.41) is 7.06. The predicted molar refractivity (Wildman–Crippen MR) is 121 cm³/mol. The maximum atomic E-state index is 5.12. The number of nitrogens with zero attached hydrogens (tertiary/aromatic N) is 3. The van der Waals surface area contributed by atoms with Crippen molar-refractivity contribution in [3.63, 3.8) is 0 Å². The van der Waals surface area contributed by atoms with Crippen LogP contribution in [0.2, 0.25) is 0 Å². The first-order chi connectivity index (χ1) is 12.2. The first-order valence-electron chi connectivity index (χ1n) is 10.2. The number of likely N-dealkylation sites (N-methyl/N-ethyl adjacent to an activating group) is 1. The second-order valence-electron chi connectivity index (χ2n) is 7.47. The molecule has 1 aliphatic heterocycles. The molecule has 26 heavy (non-hydrogen) atoms. The van der Waals surface area contributed by atoms with E-state index in [1.165, 1.54) is 45.2 Å². The molecule has 0 aromatic rings. The molecule has 0 aromatic carbocycles. The topological polar surface area (TPSA) is 52.1 Å². The maximum Gasteiger partial charge on any atom is 0.191 e. The Morgan fingerprint density at radius 3 is 2.69 bits per heavy atom. The highest BCUT2D eigenvalue weighted by molar-refractivity contribution is 14.0. The molecule has 1 unspecified atom stereocenters. The molecular formula is C19H40IN5O. The van der Waals surface area contributed by atoms with Gasteiger partial charge in [-0.15, -0.1) is 24.0 Å². The maximum absolute atomic E-state index is 5.12. The van der Waals surface area contributed by atoms with Gasteiger partial charge in [-0.3, -0.25) is 9.89 Å². The normalized spacial score (nSPS) is 22.0. The van der Waals surface area contributed by atoms with Crippen LogP contribution in [0.1, 0.15) is 45.4 Å². The van der Waals surface area contributed by atoms with Crippen LogP contribution in [-0.2, 0) is 4.74 Å². The van der Waals surface area contributed by atoms with Gasteiger partial charge in [-0.05, 0) is 46.2 Å². The molecule has 0 spiro atoms. The molecular weight excluding hydrogens is 441 g/mol. The van der Waals surface area contributed by atoms with Crippen molar-refractivity contribution >= 4 is 29.9 Å². The Kier molecular flexibility index (Phi) is 12.8. The van der Waals surface area contributed by atoms with Gasteiger partial charge in [-0.25, -0.2) is 0 Å². The van der Waals surface area contributed by atoms with Crippen molar-refractivity contribution in [2.75, 3.05) is 60.0 Å². The van der Waals surface area contributed by atoms with Gasteiger partial charge in [-0.1, -0.05) is 12.8 Å². The molecule has 1 heterocycles. The van der Waals surface area contributed by atoms with E-state index in [-0.39, 0.29) is 24.0 Å². The molecule has 0 bridgehead atoms. The van der Waals surface area contributed by atoms with E-state index in [4.69, 9.17) is 9.73 Å². The van der Waals surface area contributed by atoms with Crippen molar-refractivity contribution in [2.24, 2.45) is 4.99 Å². The number of rotatable bonds is 10. The van der Waals surface area contributed by atoms with Gasteiger partial charge in [0.05, 0.1) is 6.61 Å². The Hall–Kier alpha value is -0.120. The minimum absolute atomic E-state index is 0. The summed E-state index contributed by atoms with van der Waals surface area (Å²) in [6, 6.07) is 1.39. The van der Waals surface area contributed by atoms with Crippen LogP contribution < -0.4 is 10.6 Å². The molecule has 1 saturated heterocycles. The number of hydrogen-bond donors (Lipinski definition) is 2. The molecule has 7 heteroatoms. The summed E-state index contributed by atoms with van der Waals surface area (Å²) in [6.45, 7) is 9.17. The van der Waals surface area contributed by atoms with Crippen molar-refractivity contribution < 1.29 is 4.74 Å². The molecule has 2 rings (SSSR count). The number of hydrogen-bond acceptors (Lipinski definition) is 4. The van der Waals surface area contributed by atoms with Crippen LogP contribution in [0.3, 0.4) is 0 Å². The van der Waals surface area contributed by atoms with E-state index >= 15 is 0 Å². The highest BCUT2D eigenvalue weighted by atomic mass is 127. The van der Waals surface area contributed by atoms with E-state index in [0.29, 0.717) is 6.04 Å². The quantitative estimate of drug-likeness (QED) is 0.217. The summed E-state index contributed by atoms with van der Waals surface area (Å²) in [6.07, 6.45) is 7.95. The van der Waals surface area contributed by atoms with E-state index in [9.17, 15) is 0 Å². The first-order valence-corrected chi connectivity index (χ1v) is 10.2. The number of halogens is 1. The lowest BCUT2D eigenvalue weighted by molar-refractivity contribution is 0.161. The van der Waals surface area contributed by atoms with E-state index in [0.717, 1.165) is 51.2 Å². The molecule has 1 atom stereocenters. The van der Waals surface area contributed by atoms with Crippen LogP contribution in [0.25, 0.3) is 0 Å². The van der Waals surface area contributed by atoms with Gasteiger partial charge in [0.1, 0.15) is 0 Å². The Balaban J connectivity index is 0.00000338. The standard InChI is InChI=1S/C19H39N5O.HI/c1-4-20-19(21-11-7-12-23(2)14-15-25-3)22-17-10-13-24(16-17)18-8-5-6-9-18;/h17-18H,4-16H2,1-3H3,(H2,20,21,22);1H. The van der Waals surface area contributed by atoms with E-state index < -0.39 is 0 Å². The second-order valence-corrected chi connectivity index (χ2v) is 7.47. The first kappa shape index (κ1) is 23.9. The predicted octanol–water partition coefficient (Wildman–Crippen LogP) is 2.14. The molecule has 2 aliphatic rings. The van der Waals surface area contributed by atoms with Gasteiger partial charge in [0, 0.05) is 51.9 Å². The summed E-state index contributed by atoms with van der Waals surface area (Å²) < 4.78 is 5.12. The Morgan fingerprint density at radius 1 is 1.23 bits per heavy atom. The number of methoxy groups -OCH3 is 1. The van der Waals surface area contributed by atoms with Crippen molar-refractivity contribution in [1.82, 2.24) is 20.4 Å². The fourth-order valence-corrected chi connectivity index (χ4v) is 3.91. The molecule has 1 saturated carbocycles. The average Bonchev–Trinajstić information content (AvgIpc) is 3.28. The lowest BCUT2D eigenvalue weighted by Gasteiger charge is -2.24. The molecule has 2 N–H and O–H groups in total. The van der Waals surface area contributed by atoms with Gasteiger partial charge >= 0.3 is 0 Å². The van der Waals surface area contributed by atoms with Crippen LogP contribution in [-0.4, -0.2) is 87.9 Å². The van der Waals surface area contributed by atoms with Gasteiger partial charge < -0.3 is 20.3 Å². The molecule has 154 valence electrons. The summed E-state index contributed by atoms with van der Waals surface area (Å²) in [7, 11) is 3.89. The largest absolute Gasteiger partial charge is 0.383 e. The summed E-state index contributed by atoms with van der Waals surface area (Å²) in [4.78, 5) is 9.76. The summed E-state index contributed by atoms with van der Waals surface area (Å²) >= 11 is 0.